The molecule has 0 radical (unpaired) electrons. The molecule has 0 rings (SSSR count). The van der Waals surface area contributed by atoms with Crippen LogP contribution in [-0.2, 0) is 8.98 Å². The van der Waals surface area contributed by atoms with E-state index in [9.17, 15) is 4.79 Å². The van der Waals surface area contributed by atoms with Crippen LogP contribution in [0.15, 0.2) is 0 Å². The summed E-state index contributed by atoms with van der Waals surface area (Å²) in [6, 6.07) is 0. The van der Waals surface area contributed by atoms with Crippen LogP contribution in [0.4, 0.5) is 0 Å². The molecule has 0 aliphatic heterocycles. The van der Waals surface area contributed by atoms with Gasteiger partial charge >= 0.3 is 5.97 Å². The first kappa shape index (κ1) is 11.8. The SMILES string of the molecule is CCCCCCCCC(=O)OS. The maximum Gasteiger partial charge on any atom is 0.317 e. The lowest BCUT2D eigenvalue weighted by Gasteiger charge is -1.98. The Hall–Kier alpha value is -0.180. The van der Waals surface area contributed by atoms with Gasteiger partial charge in [0.2, 0.25) is 0 Å². The minimum atomic E-state index is -0.214. The fourth-order valence-electron chi connectivity index (χ4n) is 1.10. The van der Waals surface area contributed by atoms with E-state index in [1.54, 1.807) is 0 Å². The van der Waals surface area contributed by atoms with Crippen molar-refractivity contribution in [3.63, 3.8) is 0 Å². The number of hydrogen-bond donors (Lipinski definition) is 1. The molecule has 0 aliphatic carbocycles. The average Bonchev–Trinajstić information content (AvgIpc) is 2.10. The van der Waals surface area contributed by atoms with E-state index in [2.05, 4.69) is 24.0 Å². The maximum atomic E-state index is 10.6. The molecule has 0 bridgehead atoms. The zero-order valence-corrected chi connectivity index (χ0v) is 8.61. The number of carbonyl (C=O) groups is 1. The van der Waals surface area contributed by atoms with Gasteiger partial charge in [0, 0.05) is 19.3 Å². The van der Waals surface area contributed by atoms with E-state index in [1.807, 2.05) is 0 Å². The van der Waals surface area contributed by atoms with E-state index in [0.717, 1.165) is 12.8 Å². The molecule has 0 fully saturated rings. The molecule has 0 spiro atoms. The Morgan fingerprint density at radius 3 is 2.33 bits per heavy atom. The standard InChI is InChI=1S/C9H18O2S/c1-2-3-4-5-6-7-8-9(10)11-12/h12H,2-8H2,1H3. The molecule has 0 atom stereocenters. The van der Waals surface area contributed by atoms with Crippen molar-refractivity contribution in [3.05, 3.63) is 0 Å². The molecule has 0 aromatic carbocycles. The van der Waals surface area contributed by atoms with Gasteiger partial charge in [-0.3, -0.25) is 4.79 Å². The lowest BCUT2D eigenvalue weighted by Crippen LogP contribution is -1.95. The van der Waals surface area contributed by atoms with Crippen LogP contribution < -0.4 is 0 Å². The van der Waals surface area contributed by atoms with Crippen molar-refractivity contribution in [2.75, 3.05) is 0 Å². The van der Waals surface area contributed by atoms with Crippen LogP contribution in [0.2, 0.25) is 0 Å². The number of carbonyl (C=O) groups excluding carboxylic acids is 1. The van der Waals surface area contributed by atoms with Crippen molar-refractivity contribution in [2.45, 2.75) is 51.9 Å². The van der Waals surface area contributed by atoms with Crippen LogP contribution in [0.1, 0.15) is 51.9 Å². The molecule has 0 aliphatic rings. The molecule has 0 saturated heterocycles. The van der Waals surface area contributed by atoms with Crippen molar-refractivity contribution >= 4 is 18.9 Å². The van der Waals surface area contributed by atoms with Crippen LogP contribution in [-0.4, -0.2) is 5.97 Å². The molecule has 2 nitrogen and oxygen atoms in total. The monoisotopic (exact) mass is 190 g/mol. The number of hydrogen-bond acceptors (Lipinski definition) is 3. The molecule has 72 valence electrons. The molecule has 0 aromatic rings. The Morgan fingerprint density at radius 1 is 1.17 bits per heavy atom. The highest BCUT2D eigenvalue weighted by Gasteiger charge is 1.99. The Balaban J connectivity index is 2.95. The highest BCUT2D eigenvalue weighted by molar-refractivity contribution is 7.75. The first-order valence-corrected chi connectivity index (χ1v) is 5.02. The Morgan fingerprint density at radius 2 is 1.75 bits per heavy atom. The number of thiol groups is 1. The molecule has 0 heterocycles. The lowest BCUT2D eigenvalue weighted by molar-refractivity contribution is -0.132. The molecule has 0 amide bonds. The summed E-state index contributed by atoms with van der Waals surface area (Å²) in [5.41, 5.74) is 0. The van der Waals surface area contributed by atoms with Crippen molar-refractivity contribution in [1.29, 1.82) is 0 Å². The zero-order chi connectivity index (χ0) is 9.23. The lowest BCUT2D eigenvalue weighted by atomic mass is 10.1. The second-order valence-corrected chi connectivity index (χ2v) is 3.16. The van der Waals surface area contributed by atoms with Crippen LogP contribution in [0.25, 0.3) is 0 Å². The van der Waals surface area contributed by atoms with Crippen molar-refractivity contribution in [1.82, 2.24) is 0 Å². The quantitative estimate of drug-likeness (QED) is 0.379. The molecular weight excluding hydrogens is 172 g/mol. The fraction of sp³-hybridized carbons (Fsp3) is 0.889. The van der Waals surface area contributed by atoms with Gasteiger partial charge in [-0.1, -0.05) is 39.0 Å². The van der Waals surface area contributed by atoms with Gasteiger partial charge in [-0.05, 0) is 6.42 Å². The van der Waals surface area contributed by atoms with E-state index in [-0.39, 0.29) is 5.97 Å². The third kappa shape index (κ3) is 7.92. The molecule has 12 heavy (non-hydrogen) atoms. The van der Waals surface area contributed by atoms with Crippen molar-refractivity contribution in [3.8, 4) is 0 Å². The fourth-order valence-corrected chi connectivity index (χ4v) is 1.19. The van der Waals surface area contributed by atoms with Gasteiger partial charge in [-0.15, -0.1) is 0 Å². The summed E-state index contributed by atoms with van der Waals surface area (Å²) in [7, 11) is 0. The second-order valence-electron chi connectivity index (χ2n) is 2.98. The summed E-state index contributed by atoms with van der Waals surface area (Å²) >= 11 is 3.42. The number of rotatable bonds is 7. The van der Waals surface area contributed by atoms with E-state index >= 15 is 0 Å². The molecule has 0 aromatic heterocycles. The summed E-state index contributed by atoms with van der Waals surface area (Å²) in [6.45, 7) is 2.19. The number of unbranched alkanes of at least 4 members (excludes halogenated alkanes) is 5. The topological polar surface area (TPSA) is 26.3 Å². The molecule has 0 N–H and O–H groups in total. The van der Waals surface area contributed by atoms with Gasteiger partial charge in [0.15, 0.2) is 0 Å². The summed E-state index contributed by atoms with van der Waals surface area (Å²) in [4.78, 5) is 10.6. The van der Waals surface area contributed by atoms with Crippen molar-refractivity contribution < 1.29 is 8.98 Å². The van der Waals surface area contributed by atoms with Crippen LogP contribution in [0, 0.1) is 0 Å². The highest BCUT2D eigenvalue weighted by Crippen LogP contribution is 2.07. The predicted molar refractivity (Wildman–Crippen MR) is 53.1 cm³/mol. The third-order valence-electron chi connectivity index (χ3n) is 1.84. The third-order valence-corrected chi connectivity index (χ3v) is 2.04. The normalized spacial score (nSPS) is 9.83. The zero-order valence-electron chi connectivity index (χ0n) is 7.71. The average molecular weight is 190 g/mol. The summed E-state index contributed by atoms with van der Waals surface area (Å²) in [5.74, 6) is -0.214. The van der Waals surface area contributed by atoms with Crippen LogP contribution in [0.5, 0.6) is 0 Å². The minimum absolute atomic E-state index is 0.214. The highest BCUT2D eigenvalue weighted by atomic mass is 32.1. The van der Waals surface area contributed by atoms with Gasteiger partial charge in [0.1, 0.15) is 0 Å². The van der Waals surface area contributed by atoms with Gasteiger partial charge < -0.3 is 4.18 Å². The largest absolute Gasteiger partial charge is 0.395 e. The van der Waals surface area contributed by atoms with E-state index in [4.69, 9.17) is 0 Å². The first-order chi connectivity index (χ1) is 5.81. The smallest absolute Gasteiger partial charge is 0.317 e. The second kappa shape index (κ2) is 8.91. The Bertz CT molecular complexity index is 115. The van der Waals surface area contributed by atoms with Gasteiger partial charge in [-0.25, -0.2) is 0 Å². The van der Waals surface area contributed by atoms with E-state index in [0.29, 0.717) is 6.42 Å². The minimum Gasteiger partial charge on any atom is -0.395 e. The molecule has 0 saturated carbocycles. The van der Waals surface area contributed by atoms with Gasteiger partial charge in [0.05, 0.1) is 0 Å². The molecular formula is C9H18O2S. The van der Waals surface area contributed by atoms with Crippen LogP contribution >= 0.6 is 12.9 Å². The van der Waals surface area contributed by atoms with Crippen molar-refractivity contribution in [2.24, 2.45) is 0 Å². The summed E-state index contributed by atoms with van der Waals surface area (Å²) in [6.07, 6.45) is 7.65. The maximum absolute atomic E-state index is 10.6. The Labute approximate surface area is 80.3 Å². The van der Waals surface area contributed by atoms with E-state index in [1.165, 1.54) is 25.7 Å². The molecule has 0 unspecified atom stereocenters. The van der Waals surface area contributed by atoms with Gasteiger partial charge in [0.25, 0.3) is 0 Å². The summed E-state index contributed by atoms with van der Waals surface area (Å²) < 4.78 is 4.23. The Kier molecular flexibility index (Phi) is 8.78. The van der Waals surface area contributed by atoms with Crippen LogP contribution in [0.3, 0.4) is 0 Å². The predicted octanol–water partition coefficient (Wildman–Crippen LogP) is 3.13. The molecule has 3 heteroatoms. The summed E-state index contributed by atoms with van der Waals surface area (Å²) in [5, 5.41) is 0. The first-order valence-electron chi connectivity index (χ1n) is 4.65. The van der Waals surface area contributed by atoms with E-state index < -0.39 is 0 Å². The van der Waals surface area contributed by atoms with Gasteiger partial charge in [-0.2, -0.15) is 0 Å².